The van der Waals surface area contributed by atoms with Crippen molar-refractivity contribution in [1.29, 1.82) is 0 Å². The van der Waals surface area contributed by atoms with Crippen molar-refractivity contribution in [3.63, 3.8) is 0 Å². The van der Waals surface area contributed by atoms with E-state index in [1.807, 2.05) is 0 Å². The van der Waals surface area contributed by atoms with Gasteiger partial charge in [-0.2, -0.15) is 0 Å². The third-order valence-electron chi connectivity index (χ3n) is 3.10. The Balaban J connectivity index is 1.85. The first-order valence-corrected chi connectivity index (χ1v) is 4.58. The van der Waals surface area contributed by atoms with Crippen LogP contribution in [-0.2, 0) is 0 Å². The lowest BCUT2D eigenvalue weighted by atomic mass is 10.0. The summed E-state index contributed by atoms with van der Waals surface area (Å²) in [6.07, 6.45) is 10.5. The van der Waals surface area contributed by atoms with Gasteiger partial charge in [-0.05, 0) is 37.0 Å². The van der Waals surface area contributed by atoms with E-state index in [-0.39, 0.29) is 0 Å². The second kappa shape index (κ2) is 2.41. The maximum absolute atomic E-state index is 2.44. The molecule has 2 rings (SSSR count). The number of hydrogen-bond acceptors (Lipinski definition) is 0. The molecule has 0 aromatic rings. The molecule has 0 heteroatoms. The molecule has 0 bridgehead atoms. The van der Waals surface area contributed by atoms with Gasteiger partial charge >= 0.3 is 0 Å². The van der Waals surface area contributed by atoms with Crippen molar-refractivity contribution in [3.05, 3.63) is 12.2 Å². The van der Waals surface area contributed by atoms with Crippen molar-refractivity contribution in [1.82, 2.24) is 0 Å². The summed E-state index contributed by atoms with van der Waals surface area (Å²) in [5.41, 5.74) is 0. The lowest BCUT2D eigenvalue weighted by Crippen LogP contribution is -1.95. The molecule has 56 valence electrons. The van der Waals surface area contributed by atoms with Crippen molar-refractivity contribution in [2.24, 2.45) is 17.8 Å². The monoisotopic (exact) mass is 136 g/mol. The molecule has 10 heavy (non-hydrogen) atoms. The van der Waals surface area contributed by atoms with Gasteiger partial charge in [0.2, 0.25) is 0 Å². The van der Waals surface area contributed by atoms with Gasteiger partial charge in [0.25, 0.3) is 0 Å². The van der Waals surface area contributed by atoms with Crippen LogP contribution < -0.4 is 0 Å². The third kappa shape index (κ3) is 1.00. The van der Waals surface area contributed by atoms with Crippen LogP contribution in [0.25, 0.3) is 0 Å². The molecule has 0 amide bonds. The molecule has 0 aliphatic heterocycles. The average molecular weight is 136 g/mol. The second-order valence-electron chi connectivity index (χ2n) is 3.74. The third-order valence-corrected chi connectivity index (χ3v) is 3.10. The van der Waals surface area contributed by atoms with Crippen LogP contribution in [0, 0.1) is 17.8 Å². The molecule has 3 unspecified atom stereocenters. The van der Waals surface area contributed by atoms with E-state index in [1.165, 1.54) is 25.7 Å². The minimum Gasteiger partial charge on any atom is -0.0882 e. The van der Waals surface area contributed by atoms with E-state index >= 15 is 0 Å². The van der Waals surface area contributed by atoms with E-state index in [0.717, 1.165) is 17.8 Å². The van der Waals surface area contributed by atoms with Crippen molar-refractivity contribution in [3.8, 4) is 0 Å². The molecule has 1 saturated carbocycles. The standard InChI is InChI=1S/C10H16/c1-2-8-7-10(8)9-5-3-4-6-9/h3,5,8-10H,2,4,6-7H2,1H3. The molecule has 0 saturated heterocycles. The average Bonchev–Trinajstić information content (AvgIpc) is 2.56. The first kappa shape index (κ1) is 6.45. The summed E-state index contributed by atoms with van der Waals surface area (Å²) < 4.78 is 0. The molecule has 0 heterocycles. The molecule has 2 aliphatic rings. The van der Waals surface area contributed by atoms with Crippen LogP contribution in [-0.4, -0.2) is 0 Å². The smallest absolute Gasteiger partial charge is 0.0199 e. The minimum atomic E-state index is 0.977. The summed E-state index contributed by atoms with van der Waals surface area (Å²) in [4.78, 5) is 0. The normalized spacial score (nSPS) is 44.3. The second-order valence-corrected chi connectivity index (χ2v) is 3.74. The van der Waals surface area contributed by atoms with Crippen molar-refractivity contribution < 1.29 is 0 Å². The van der Waals surface area contributed by atoms with Crippen LogP contribution in [0.2, 0.25) is 0 Å². The Kier molecular flexibility index (Phi) is 1.55. The van der Waals surface area contributed by atoms with Crippen molar-refractivity contribution in [2.45, 2.75) is 32.6 Å². The highest BCUT2D eigenvalue weighted by Gasteiger charge is 2.40. The molecule has 2 aliphatic carbocycles. The van der Waals surface area contributed by atoms with Gasteiger partial charge in [0.15, 0.2) is 0 Å². The van der Waals surface area contributed by atoms with Gasteiger partial charge in [-0.15, -0.1) is 0 Å². The number of hydrogen-bond donors (Lipinski definition) is 0. The first-order chi connectivity index (χ1) is 4.92. The lowest BCUT2D eigenvalue weighted by molar-refractivity contribution is 0.510. The van der Waals surface area contributed by atoms with Gasteiger partial charge in [0.05, 0.1) is 0 Å². The zero-order valence-corrected chi connectivity index (χ0v) is 6.72. The van der Waals surface area contributed by atoms with Crippen LogP contribution in [0.5, 0.6) is 0 Å². The SMILES string of the molecule is CCC1CC1C1C=CCC1. The Labute approximate surface area is 63.3 Å². The number of allylic oxidation sites excluding steroid dienone is 2. The Morgan fingerprint density at radius 2 is 2.40 bits per heavy atom. The number of rotatable bonds is 2. The highest BCUT2D eigenvalue weighted by Crippen LogP contribution is 2.49. The topological polar surface area (TPSA) is 0 Å². The molecule has 0 radical (unpaired) electrons. The van der Waals surface area contributed by atoms with E-state index in [0.29, 0.717) is 0 Å². The molecule has 0 aromatic heterocycles. The molecular formula is C10H16. The highest BCUT2D eigenvalue weighted by atomic mass is 14.4. The Morgan fingerprint density at radius 1 is 1.50 bits per heavy atom. The van der Waals surface area contributed by atoms with Crippen LogP contribution in [0.4, 0.5) is 0 Å². The fraction of sp³-hybridized carbons (Fsp3) is 0.800. The van der Waals surface area contributed by atoms with Crippen LogP contribution in [0.1, 0.15) is 32.6 Å². The van der Waals surface area contributed by atoms with Gasteiger partial charge < -0.3 is 0 Å². The summed E-state index contributed by atoms with van der Waals surface area (Å²) in [5, 5.41) is 0. The van der Waals surface area contributed by atoms with Crippen molar-refractivity contribution >= 4 is 0 Å². The largest absolute Gasteiger partial charge is 0.0882 e. The first-order valence-electron chi connectivity index (χ1n) is 4.58. The summed E-state index contributed by atoms with van der Waals surface area (Å²) in [5.74, 6) is 3.15. The van der Waals surface area contributed by atoms with Gasteiger partial charge in [-0.3, -0.25) is 0 Å². The Hall–Kier alpha value is -0.260. The fourth-order valence-electron chi connectivity index (χ4n) is 2.28. The molecule has 3 atom stereocenters. The zero-order valence-electron chi connectivity index (χ0n) is 6.72. The fourth-order valence-corrected chi connectivity index (χ4v) is 2.28. The predicted molar refractivity (Wildman–Crippen MR) is 43.8 cm³/mol. The lowest BCUT2D eigenvalue weighted by Gasteiger charge is -2.04. The summed E-state index contributed by atoms with van der Waals surface area (Å²) >= 11 is 0. The molecule has 0 nitrogen and oxygen atoms in total. The van der Waals surface area contributed by atoms with Gasteiger partial charge in [-0.25, -0.2) is 0 Å². The van der Waals surface area contributed by atoms with Gasteiger partial charge in [0, 0.05) is 0 Å². The van der Waals surface area contributed by atoms with Crippen LogP contribution >= 0.6 is 0 Å². The zero-order chi connectivity index (χ0) is 6.97. The minimum absolute atomic E-state index is 0.977. The molecule has 0 spiro atoms. The van der Waals surface area contributed by atoms with Crippen LogP contribution in [0.15, 0.2) is 12.2 Å². The molecule has 0 N–H and O–H groups in total. The van der Waals surface area contributed by atoms with E-state index in [2.05, 4.69) is 19.1 Å². The highest BCUT2D eigenvalue weighted by molar-refractivity contribution is 5.04. The predicted octanol–water partition coefficient (Wildman–Crippen LogP) is 3.00. The molecule has 1 fully saturated rings. The Bertz CT molecular complexity index is 146. The van der Waals surface area contributed by atoms with E-state index in [9.17, 15) is 0 Å². The summed E-state index contributed by atoms with van der Waals surface area (Å²) in [6.45, 7) is 2.32. The molecular weight excluding hydrogens is 120 g/mol. The quantitative estimate of drug-likeness (QED) is 0.512. The van der Waals surface area contributed by atoms with E-state index < -0.39 is 0 Å². The summed E-state index contributed by atoms with van der Waals surface area (Å²) in [6, 6.07) is 0. The van der Waals surface area contributed by atoms with E-state index in [1.54, 1.807) is 0 Å². The van der Waals surface area contributed by atoms with Gasteiger partial charge in [-0.1, -0.05) is 25.5 Å². The maximum atomic E-state index is 2.44. The summed E-state index contributed by atoms with van der Waals surface area (Å²) in [7, 11) is 0. The maximum Gasteiger partial charge on any atom is -0.0199 e. The van der Waals surface area contributed by atoms with E-state index in [4.69, 9.17) is 0 Å². The van der Waals surface area contributed by atoms with Crippen LogP contribution in [0.3, 0.4) is 0 Å². The van der Waals surface area contributed by atoms with Crippen molar-refractivity contribution in [2.75, 3.05) is 0 Å². The molecule has 0 aromatic carbocycles. The van der Waals surface area contributed by atoms with Gasteiger partial charge in [0.1, 0.15) is 0 Å². The Morgan fingerprint density at radius 3 is 2.90 bits per heavy atom.